The number of anilines is 1. The van der Waals surface area contributed by atoms with Crippen molar-refractivity contribution in [2.24, 2.45) is 0 Å². The minimum atomic E-state index is -0.102. The summed E-state index contributed by atoms with van der Waals surface area (Å²) in [5.41, 5.74) is 3.47. The van der Waals surface area contributed by atoms with E-state index < -0.39 is 0 Å². The fraction of sp³-hybridized carbons (Fsp3) is 0.304. The van der Waals surface area contributed by atoms with E-state index in [4.69, 9.17) is 4.74 Å². The van der Waals surface area contributed by atoms with Gasteiger partial charge in [-0.25, -0.2) is 0 Å². The average Bonchev–Trinajstić information content (AvgIpc) is 3.57. The van der Waals surface area contributed by atoms with Gasteiger partial charge in [0, 0.05) is 36.3 Å². The molecule has 0 radical (unpaired) electrons. The van der Waals surface area contributed by atoms with E-state index in [1.807, 2.05) is 37.3 Å². The highest BCUT2D eigenvalue weighted by atomic mass is 16.5. The second-order valence-corrected chi connectivity index (χ2v) is 7.25. The van der Waals surface area contributed by atoms with Crippen molar-refractivity contribution in [2.45, 2.75) is 32.2 Å². The van der Waals surface area contributed by atoms with Gasteiger partial charge in [0.05, 0.1) is 12.6 Å². The van der Waals surface area contributed by atoms with Crippen LogP contribution in [0.2, 0.25) is 0 Å². The van der Waals surface area contributed by atoms with E-state index >= 15 is 0 Å². The van der Waals surface area contributed by atoms with E-state index in [0.29, 0.717) is 23.8 Å². The first-order chi connectivity index (χ1) is 13.5. The summed E-state index contributed by atoms with van der Waals surface area (Å²) < 4.78 is 7.02. The van der Waals surface area contributed by atoms with Crippen molar-refractivity contribution < 1.29 is 9.53 Å². The SMILES string of the molecule is CCn1c(=O)cc(C2CC2)c2cc(N(C)C(=O)c3cccc(OC)c3)ccc21. The highest BCUT2D eigenvalue weighted by molar-refractivity contribution is 6.06. The third-order valence-corrected chi connectivity index (χ3v) is 5.47. The van der Waals surface area contributed by atoms with Crippen LogP contribution in [-0.2, 0) is 6.54 Å². The first-order valence-electron chi connectivity index (χ1n) is 9.63. The van der Waals surface area contributed by atoms with Gasteiger partial charge in [0.1, 0.15) is 5.75 Å². The van der Waals surface area contributed by atoms with Gasteiger partial charge in [-0.05, 0) is 67.6 Å². The summed E-state index contributed by atoms with van der Waals surface area (Å²) >= 11 is 0. The lowest BCUT2D eigenvalue weighted by molar-refractivity contribution is 0.0992. The molecule has 0 bridgehead atoms. The number of benzene rings is 2. The Morgan fingerprint density at radius 3 is 2.64 bits per heavy atom. The van der Waals surface area contributed by atoms with Crippen molar-refractivity contribution in [1.29, 1.82) is 0 Å². The Morgan fingerprint density at radius 2 is 1.96 bits per heavy atom. The van der Waals surface area contributed by atoms with Gasteiger partial charge in [0.2, 0.25) is 0 Å². The van der Waals surface area contributed by atoms with Crippen LogP contribution in [0.15, 0.2) is 53.3 Å². The molecule has 2 aromatic carbocycles. The molecular weight excluding hydrogens is 352 g/mol. The number of carbonyl (C=O) groups is 1. The van der Waals surface area contributed by atoms with E-state index in [1.165, 1.54) is 0 Å². The molecule has 1 aliphatic carbocycles. The van der Waals surface area contributed by atoms with Crippen molar-refractivity contribution in [3.63, 3.8) is 0 Å². The molecule has 1 aromatic heterocycles. The Labute approximate surface area is 164 Å². The van der Waals surface area contributed by atoms with Crippen molar-refractivity contribution in [3.8, 4) is 5.75 Å². The number of amides is 1. The number of ether oxygens (including phenoxy) is 1. The fourth-order valence-corrected chi connectivity index (χ4v) is 3.73. The number of carbonyl (C=O) groups excluding carboxylic acids is 1. The molecule has 1 amide bonds. The molecule has 5 nitrogen and oxygen atoms in total. The van der Waals surface area contributed by atoms with E-state index in [0.717, 1.165) is 35.0 Å². The zero-order valence-corrected chi connectivity index (χ0v) is 16.4. The lowest BCUT2D eigenvalue weighted by Crippen LogP contribution is -2.26. The zero-order valence-electron chi connectivity index (χ0n) is 16.4. The summed E-state index contributed by atoms with van der Waals surface area (Å²) in [5.74, 6) is 1.01. The van der Waals surface area contributed by atoms with Crippen LogP contribution in [0.25, 0.3) is 10.9 Å². The topological polar surface area (TPSA) is 51.5 Å². The smallest absolute Gasteiger partial charge is 0.258 e. The van der Waals surface area contributed by atoms with Gasteiger partial charge in [-0.3, -0.25) is 9.59 Å². The molecule has 0 saturated heterocycles. The van der Waals surface area contributed by atoms with Gasteiger partial charge in [0.15, 0.2) is 0 Å². The molecule has 0 unspecified atom stereocenters. The Hall–Kier alpha value is -3.08. The molecule has 3 aromatic rings. The van der Waals surface area contributed by atoms with E-state index in [9.17, 15) is 9.59 Å². The normalized spacial score (nSPS) is 13.5. The Balaban J connectivity index is 1.78. The number of rotatable bonds is 5. The predicted molar refractivity (Wildman–Crippen MR) is 112 cm³/mol. The third-order valence-electron chi connectivity index (χ3n) is 5.47. The summed E-state index contributed by atoms with van der Waals surface area (Å²) in [6.07, 6.45) is 2.24. The average molecular weight is 376 g/mol. The monoisotopic (exact) mass is 376 g/mol. The number of hydrogen-bond donors (Lipinski definition) is 0. The van der Waals surface area contributed by atoms with Crippen LogP contribution in [0, 0.1) is 0 Å². The van der Waals surface area contributed by atoms with E-state index in [2.05, 4.69) is 0 Å². The van der Waals surface area contributed by atoms with Crippen molar-refractivity contribution in [2.75, 3.05) is 19.1 Å². The minimum Gasteiger partial charge on any atom is -0.497 e. The van der Waals surface area contributed by atoms with Gasteiger partial charge in [0.25, 0.3) is 11.5 Å². The predicted octanol–water partition coefficient (Wildman–Crippen LogP) is 4.18. The maximum atomic E-state index is 13.0. The summed E-state index contributed by atoms with van der Waals surface area (Å²) in [4.78, 5) is 27.1. The van der Waals surface area contributed by atoms with Gasteiger partial charge >= 0.3 is 0 Å². The number of aryl methyl sites for hydroxylation is 1. The van der Waals surface area contributed by atoms with Crippen LogP contribution in [0.3, 0.4) is 0 Å². The van der Waals surface area contributed by atoms with E-state index in [1.54, 1.807) is 41.8 Å². The molecule has 1 saturated carbocycles. The number of methoxy groups -OCH3 is 1. The molecule has 0 N–H and O–H groups in total. The molecule has 1 fully saturated rings. The van der Waals surface area contributed by atoms with Crippen molar-refractivity contribution >= 4 is 22.5 Å². The molecule has 0 spiro atoms. The number of pyridine rings is 1. The van der Waals surface area contributed by atoms with Gasteiger partial charge in [-0.1, -0.05) is 6.07 Å². The lowest BCUT2D eigenvalue weighted by Gasteiger charge is -2.20. The standard InChI is InChI=1S/C23H24N2O3/c1-4-25-21-11-10-17(13-20(21)19(14-22(25)26)15-8-9-15)24(2)23(27)16-6-5-7-18(12-16)28-3/h5-7,10-15H,4,8-9H2,1-3H3. The number of nitrogens with zero attached hydrogens (tertiary/aromatic N) is 2. The Kier molecular flexibility index (Phi) is 4.67. The van der Waals surface area contributed by atoms with E-state index in [-0.39, 0.29) is 11.5 Å². The van der Waals surface area contributed by atoms with Gasteiger partial charge in [-0.15, -0.1) is 0 Å². The first kappa shape index (κ1) is 18.3. The van der Waals surface area contributed by atoms with Crippen LogP contribution < -0.4 is 15.2 Å². The fourth-order valence-electron chi connectivity index (χ4n) is 3.73. The second-order valence-electron chi connectivity index (χ2n) is 7.25. The highest BCUT2D eigenvalue weighted by Crippen LogP contribution is 2.43. The van der Waals surface area contributed by atoms with Crippen LogP contribution in [0.4, 0.5) is 5.69 Å². The van der Waals surface area contributed by atoms with Crippen molar-refractivity contribution in [1.82, 2.24) is 4.57 Å². The molecule has 144 valence electrons. The summed E-state index contributed by atoms with van der Waals surface area (Å²) in [6.45, 7) is 2.60. The third kappa shape index (κ3) is 3.17. The molecule has 0 atom stereocenters. The van der Waals surface area contributed by atoms with Crippen molar-refractivity contribution in [3.05, 3.63) is 70.0 Å². The van der Waals surface area contributed by atoms with Crippen LogP contribution in [-0.4, -0.2) is 24.6 Å². The second kappa shape index (κ2) is 7.15. The largest absolute Gasteiger partial charge is 0.497 e. The number of aromatic nitrogens is 1. The lowest BCUT2D eigenvalue weighted by atomic mass is 10.0. The maximum Gasteiger partial charge on any atom is 0.258 e. The summed E-state index contributed by atoms with van der Waals surface area (Å²) in [6, 6.07) is 14.8. The van der Waals surface area contributed by atoms with Gasteiger partial charge in [-0.2, -0.15) is 0 Å². The molecule has 4 rings (SSSR count). The Bertz CT molecular complexity index is 1110. The highest BCUT2D eigenvalue weighted by Gasteiger charge is 2.27. The Morgan fingerprint density at radius 1 is 1.18 bits per heavy atom. The van der Waals surface area contributed by atoms with Crippen LogP contribution in [0.5, 0.6) is 5.75 Å². The number of hydrogen-bond acceptors (Lipinski definition) is 3. The summed E-state index contributed by atoms with van der Waals surface area (Å²) in [5, 5.41) is 1.06. The number of fused-ring (bicyclic) bond motifs is 1. The molecular formula is C23H24N2O3. The summed E-state index contributed by atoms with van der Waals surface area (Å²) in [7, 11) is 3.36. The molecule has 5 heteroatoms. The van der Waals surface area contributed by atoms with Crippen LogP contribution >= 0.6 is 0 Å². The molecule has 1 heterocycles. The molecule has 0 aliphatic heterocycles. The van der Waals surface area contributed by atoms with Gasteiger partial charge < -0.3 is 14.2 Å². The molecule has 28 heavy (non-hydrogen) atoms. The quantitative estimate of drug-likeness (QED) is 0.671. The molecule has 1 aliphatic rings. The maximum absolute atomic E-state index is 13.0. The van der Waals surface area contributed by atoms with Crippen LogP contribution in [0.1, 0.15) is 41.6 Å². The minimum absolute atomic E-state index is 0.0467. The first-order valence-corrected chi connectivity index (χ1v) is 9.63. The zero-order chi connectivity index (χ0) is 19.8.